The summed E-state index contributed by atoms with van der Waals surface area (Å²) in [7, 11) is 0. The second-order valence-corrected chi connectivity index (χ2v) is 8.41. The van der Waals surface area contributed by atoms with Crippen LogP contribution < -0.4 is 5.32 Å². The van der Waals surface area contributed by atoms with Crippen molar-refractivity contribution in [1.82, 2.24) is 0 Å². The number of nitrogens with zero attached hydrogens (tertiary/aromatic N) is 1. The van der Waals surface area contributed by atoms with E-state index in [0.717, 1.165) is 16.0 Å². The molecule has 0 unspecified atom stereocenters. The van der Waals surface area contributed by atoms with Crippen molar-refractivity contribution in [1.29, 1.82) is 5.26 Å². The van der Waals surface area contributed by atoms with Crippen LogP contribution in [0.5, 0.6) is 0 Å². The first-order valence-electron chi connectivity index (χ1n) is 9.51. The zero-order valence-electron chi connectivity index (χ0n) is 16.4. The zero-order valence-corrected chi connectivity index (χ0v) is 17.2. The highest BCUT2D eigenvalue weighted by molar-refractivity contribution is 7.17. The molecule has 0 radical (unpaired) electrons. The van der Waals surface area contributed by atoms with Crippen LogP contribution in [0, 0.1) is 17.2 Å². The minimum Gasteiger partial charge on any atom is -0.462 e. The topological polar surface area (TPSA) is 79.2 Å². The number of hydrogen-bond acceptors (Lipinski definition) is 5. The molecule has 1 N–H and O–H groups in total. The van der Waals surface area contributed by atoms with Crippen LogP contribution in [0.3, 0.4) is 0 Å². The van der Waals surface area contributed by atoms with Gasteiger partial charge in [0.15, 0.2) is 0 Å². The molecular weight excluding hydrogens is 372 g/mol. The highest BCUT2D eigenvalue weighted by atomic mass is 32.1. The second-order valence-electron chi connectivity index (χ2n) is 7.31. The number of thiophene rings is 1. The lowest BCUT2D eigenvalue weighted by Gasteiger charge is -2.31. The van der Waals surface area contributed by atoms with Gasteiger partial charge in [0.1, 0.15) is 5.00 Å². The first kappa shape index (κ1) is 20.1. The lowest BCUT2D eigenvalue weighted by atomic mass is 9.70. The predicted octanol–water partition coefficient (Wildman–Crippen LogP) is 4.47. The normalized spacial score (nSPS) is 18.2. The van der Waals surface area contributed by atoms with Crippen molar-refractivity contribution in [3.8, 4) is 6.07 Å². The van der Waals surface area contributed by atoms with Gasteiger partial charge in [0.05, 0.1) is 23.7 Å². The molecular formula is C22H24N2O3S. The summed E-state index contributed by atoms with van der Waals surface area (Å²) in [6.07, 6.45) is 1.75. The quantitative estimate of drug-likeness (QED) is 0.756. The van der Waals surface area contributed by atoms with E-state index in [1.54, 1.807) is 6.92 Å². The van der Waals surface area contributed by atoms with Crippen LogP contribution in [0.2, 0.25) is 0 Å². The molecule has 146 valence electrons. The van der Waals surface area contributed by atoms with Gasteiger partial charge in [-0.05, 0) is 30.9 Å². The molecule has 28 heavy (non-hydrogen) atoms. The molecule has 1 heterocycles. The summed E-state index contributed by atoms with van der Waals surface area (Å²) < 4.78 is 5.25. The second kappa shape index (κ2) is 8.15. The van der Waals surface area contributed by atoms with Gasteiger partial charge in [0.25, 0.3) is 0 Å². The van der Waals surface area contributed by atoms with Crippen LogP contribution in [0.25, 0.3) is 0 Å². The molecule has 0 bridgehead atoms. The van der Waals surface area contributed by atoms with Crippen molar-refractivity contribution in [3.63, 3.8) is 0 Å². The number of benzene rings is 1. The third kappa shape index (κ3) is 3.67. The van der Waals surface area contributed by atoms with Gasteiger partial charge in [0, 0.05) is 17.2 Å². The predicted molar refractivity (Wildman–Crippen MR) is 110 cm³/mol. The molecule has 0 saturated carbocycles. The number of anilines is 1. The van der Waals surface area contributed by atoms with Crippen molar-refractivity contribution in [2.75, 3.05) is 11.9 Å². The number of rotatable bonds is 5. The monoisotopic (exact) mass is 396 g/mol. The van der Waals surface area contributed by atoms with Gasteiger partial charge in [0.2, 0.25) is 5.91 Å². The van der Waals surface area contributed by atoms with Gasteiger partial charge in [-0.2, -0.15) is 5.26 Å². The summed E-state index contributed by atoms with van der Waals surface area (Å²) in [6, 6.07) is 12.3. The summed E-state index contributed by atoms with van der Waals surface area (Å²) in [6.45, 7) is 5.65. The van der Waals surface area contributed by atoms with Gasteiger partial charge in [-0.3, -0.25) is 4.79 Å². The molecule has 0 aliphatic heterocycles. The molecule has 1 aromatic carbocycles. The average Bonchev–Trinajstić information content (AvgIpc) is 3.05. The number of nitriles is 1. The third-order valence-electron chi connectivity index (χ3n) is 5.14. The van der Waals surface area contributed by atoms with Crippen LogP contribution in [0.15, 0.2) is 30.3 Å². The molecule has 1 aromatic heterocycles. The Morgan fingerprint density at radius 1 is 1.32 bits per heavy atom. The fraction of sp³-hybridized carbons (Fsp3) is 0.409. The van der Waals surface area contributed by atoms with Crippen molar-refractivity contribution >= 4 is 28.2 Å². The standard InChI is InChI=1S/C22H24N2O3S/c1-4-27-21(26)18-16-10-11-22(13-23,15-8-6-5-7-9-15)12-17(16)28-20(18)24-19(25)14(2)3/h5-9,14H,4,10-12H2,1-3H3,(H,24,25)/t22-/m0/s1. The number of hydrogen-bond donors (Lipinski definition) is 1. The summed E-state index contributed by atoms with van der Waals surface area (Å²) in [5, 5.41) is 13.4. The molecule has 3 rings (SSSR count). The van der Waals surface area contributed by atoms with Gasteiger partial charge in [-0.1, -0.05) is 44.2 Å². The van der Waals surface area contributed by atoms with E-state index in [1.165, 1.54) is 11.3 Å². The van der Waals surface area contributed by atoms with E-state index in [1.807, 2.05) is 44.2 Å². The van der Waals surface area contributed by atoms with Crippen LogP contribution in [-0.4, -0.2) is 18.5 Å². The largest absolute Gasteiger partial charge is 0.462 e. The van der Waals surface area contributed by atoms with Gasteiger partial charge in [-0.15, -0.1) is 11.3 Å². The maximum absolute atomic E-state index is 12.6. The van der Waals surface area contributed by atoms with Gasteiger partial charge >= 0.3 is 5.97 Å². The molecule has 1 atom stereocenters. The Hall–Kier alpha value is -2.65. The smallest absolute Gasteiger partial charge is 0.341 e. The summed E-state index contributed by atoms with van der Waals surface area (Å²) in [5.41, 5.74) is 1.73. The van der Waals surface area contributed by atoms with Crippen LogP contribution >= 0.6 is 11.3 Å². The Bertz CT molecular complexity index is 927. The fourth-order valence-electron chi connectivity index (χ4n) is 3.55. The van der Waals surface area contributed by atoms with E-state index in [-0.39, 0.29) is 18.4 Å². The highest BCUT2D eigenvalue weighted by Gasteiger charge is 2.40. The number of esters is 1. The molecule has 0 spiro atoms. The minimum atomic E-state index is -0.621. The Labute approximate surface area is 169 Å². The van der Waals surface area contributed by atoms with E-state index < -0.39 is 11.4 Å². The number of ether oxygens (including phenoxy) is 1. The van der Waals surface area contributed by atoms with E-state index in [4.69, 9.17) is 4.74 Å². The van der Waals surface area contributed by atoms with E-state index >= 15 is 0 Å². The zero-order chi connectivity index (χ0) is 20.3. The fourth-order valence-corrected chi connectivity index (χ4v) is 4.90. The molecule has 0 fully saturated rings. The third-order valence-corrected chi connectivity index (χ3v) is 6.28. The number of fused-ring (bicyclic) bond motifs is 1. The van der Waals surface area contributed by atoms with Crippen LogP contribution in [-0.2, 0) is 27.8 Å². The van der Waals surface area contributed by atoms with Crippen LogP contribution in [0.4, 0.5) is 5.00 Å². The SMILES string of the molecule is CCOC(=O)c1c(NC(=O)C(C)C)sc2c1CC[C@](C#N)(c1ccccc1)C2. The number of carbonyl (C=O) groups is 2. The van der Waals surface area contributed by atoms with Crippen molar-refractivity contribution < 1.29 is 14.3 Å². The van der Waals surface area contributed by atoms with Crippen LogP contribution in [0.1, 0.15) is 53.6 Å². The molecule has 6 heteroatoms. The maximum Gasteiger partial charge on any atom is 0.341 e. The van der Waals surface area contributed by atoms with Crippen molar-refractivity contribution in [2.24, 2.45) is 5.92 Å². The maximum atomic E-state index is 12.6. The molecule has 0 saturated heterocycles. The first-order valence-corrected chi connectivity index (χ1v) is 10.3. The molecule has 5 nitrogen and oxygen atoms in total. The molecule has 1 aliphatic rings. The average molecular weight is 397 g/mol. The van der Waals surface area contributed by atoms with Gasteiger partial charge < -0.3 is 10.1 Å². The van der Waals surface area contributed by atoms with E-state index in [0.29, 0.717) is 29.8 Å². The lowest BCUT2D eigenvalue weighted by molar-refractivity contribution is -0.118. The van der Waals surface area contributed by atoms with Crippen molar-refractivity contribution in [2.45, 2.75) is 45.4 Å². The number of nitrogens with one attached hydrogen (secondary N) is 1. The minimum absolute atomic E-state index is 0.140. The Balaban J connectivity index is 2.04. The molecule has 1 amide bonds. The lowest BCUT2D eigenvalue weighted by Crippen LogP contribution is -2.31. The summed E-state index contributed by atoms with van der Waals surface area (Å²) in [4.78, 5) is 25.8. The summed E-state index contributed by atoms with van der Waals surface area (Å²) in [5.74, 6) is -0.751. The first-order chi connectivity index (χ1) is 13.4. The number of carbonyl (C=O) groups excluding carboxylic acids is 2. The Kier molecular flexibility index (Phi) is 5.85. The Morgan fingerprint density at radius 2 is 2.04 bits per heavy atom. The summed E-state index contributed by atoms with van der Waals surface area (Å²) >= 11 is 1.39. The molecule has 2 aromatic rings. The van der Waals surface area contributed by atoms with Crippen molar-refractivity contribution in [3.05, 3.63) is 51.9 Å². The Morgan fingerprint density at radius 3 is 2.64 bits per heavy atom. The van der Waals surface area contributed by atoms with E-state index in [9.17, 15) is 14.9 Å². The van der Waals surface area contributed by atoms with E-state index in [2.05, 4.69) is 11.4 Å². The molecule has 1 aliphatic carbocycles. The number of amides is 1. The van der Waals surface area contributed by atoms with Gasteiger partial charge in [-0.25, -0.2) is 4.79 Å². The highest BCUT2D eigenvalue weighted by Crippen LogP contribution is 2.45.